The topological polar surface area (TPSA) is 206 Å². The molecule has 7 heteroatoms. The van der Waals surface area contributed by atoms with Gasteiger partial charge in [-0.25, -0.2) is 0 Å². The van der Waals surface area contributed by atoms with Crippen LogP contribution in [0.5, 0.6) is 0 Å². The van der Waals surface area contributed by atoms with Crippen molar-refractivity contribution in [2.45, 2.75) is 0 Å². The van der Waals surface area contributed by atoms with Crippen molar-refractivity contribution in [3.8, 4) is 0 Å². The Hall–Kier alpha value is 0.266. The van der Waals surface area contributed by atoms with Gasteiger partial charge in [0.15, 0.2) is 0 Å². The van der Waals surface area contributed by atoms with E-state index < -0.39 is 0 Å². The second-order valence-corrected chi connectivity index (χ2v) is 0. The van der Waals surface area contributed by atoms with Gasteiger partial charge in [0.2, 0.25) is 0 Å². The van der Waals surface area contributed by atoms with Crippen molar-refractivity contribution < 1.29 is 22.3 Å². The molecule has 0 rings (SSSR count). The van der Waals surface area contributed by atoms with E-state index in [1.807, 2.05) is 0 Å². The molecule has 0 radical (unpaired) electrons. The molecule has 0 bridgehead atoms. The second kappa shape index (κ2) is 2450. The first kappa shape index (κ1) is 4020. The van der Waals surface area contributed by atoms with Crippen molar-refractivity contribution in [1.82, 2.24) is 30.8 Å². The fourth-order valence-corrected chi connectivity index (χ4v) is 0. The summed E-state index contributed by atoms with van der Waals surface area (Å²) in [5.41, 5.74) is 0. The van der Waals surface area contributed by atoms with E-state index in [0.717, 1.165) is 0 Å². The van der Waals surface area contributed by atoms with Gasteiger partial charge in [0.1, 0.15) is 0 Å². The minimum absolute atomic E-state index is 0. The van der Waals surface area contributed by atoms with Gasteiger partial charge in [0, 0.05) is 0 Å². The molecule has 0 aliphatic rings. The molecular formula is H17CoN5O+3. The van der Waals surface area contributed by atoms with Gasteiger partial charge in [-0.05, 0) is 0 Å². The van der Waals surface area contributed by atoms with Crippen LogP contribution in [0.3, 0.4) is 0 Å². The van der Waals surface area contributed by atoms with Crippen LogP contribution < -0.4 is 30.8 Å². The molecule has 0 unspecified atom stereocenters. The van der Waals surface area contributed by atoms with Crippen molar-refractivity contribution in [1.29, 1.82) is 0 Å². The fraction of sp³-hybridized carbons (Fsp3) is 0. The summed E-state index contributed by atoms with van der Waals surface area (Å²) in [6, 6.07) is 0. The van der Waals surface area contributed by atoms with Crippen LogP contribution in [0.1, 0.15) is 0 Å². The van der Waals surface area contributed by atoms with Gasteiger partial charge in [-0.2, -0.15) is 0 Å². The zero-order valence-electron chi connectivity index (χ0n) is 4.37. The Morgan fingerprint density at radius 1 is 0.429 bits per heavy atom. The third kappa shape index (κ3) is 1610. The molecule has 0 aromatic heterocycles. The maximum Gasteiger partial charge on any atom is 3.00 e. The third-order valence-corrected chi connectivity index (χ3v) is 0. The minimum Gasteiger partial charge on any atom is -0.412 e. The molecule has 54 valence electrons. The van der Waals surface area contributed by atoms with Crippen LogP contribution in [0.15, 0.2) is 0 Å². The number of rotatable bonds is 0. The Bertz CT molecular complexity index is 8.04. The predicted molar refractivity (Wildman–Crippen MR) is 28.7 cm³/mol. The van der Waals surface area contributed by atoms with Gasteiger partial charge in [0.05, 0.1) is 0 Å². The van der Waals surface area contributed by atoms with Crippen LogP contribution in [0.2, 0.25) is 0 Å². The summed E-state index contributed by atoms with van der Waals surface area (Å²) in [6.45, 7) is 0. The molecule has 0 aliphatic carbocycles. The third-order valence-electron chi connectivity index (χ3n) is 0. The quantitative estimate of drug-likeness (QED) is 0.331. The summed E-state index contributed by atoms with van der Waals surface area (Å²) in [6.07, 6.45) is 0. The minimum atomic E-state index is 0. The SMILES string of the molecule is N.N.N.N.N.O.[Co+3]. The first-order valence-corrected chi connectivity index (χ1v) is 0. The average Bonchev–Trinajstić information content (AvgIpc) is 0. The summed E-state index contributed by atoms with van der Waals surface area (Å²) in [5.74, 6) is 0. The summed E-state index contributed by atoms with van der Waals surface area (Å²) < 4.78 is 0. The molecule has 0 aromatic rings. The summed E-state index contributed by atoms with van der Waals surface area (Å²) >= 11 is 0. The Labute approximate surface area is 53.8 Å². The molecule has 0 aromatic carbocycles. The molecular weight excluding hydrogens is 145 g/mol. The summed E-state index contributed by atoms with van der Waals surface area (Å²) in [5, 5.41) is 0. The van der Waals surface area contributed by atoms with Crippen molar-refractivity contribution >= 4 is 0 Å². The van der Waals surface area contributed by atoms with E-state index >= 15 is 0 Å². The fourth-order valence-electron chi connectivity index (χ4n) is 0. The Kier molecular flexibility index (Phi) is 1400000. The zero-order chi connectivity index (χ0) is 0. The molecule has 0 heterocycles. The van der Waals surface area contributed by atoms with Crippen LogP contribution in [-0.2, 0) is 16.8 Å². The maximum atomic E-state index is 0. The van der Waals surface area contributed by atoms with Crippen molar-refractivity contribution in [3.05, 3.63) is 0 Å². The van der Waals surface area contributed by atoms with E-state index in [-0.39, 0.29) is 53.0 Å². The number of hydrogen-bond acceptors (Lipinski definition) is 5. The van der Waals surface area contributed by atoms with Crippen LogP contribution in [-0.4, -0.2) is 5.48 Å². The van der Waals surface area contributed by atoms with Gasteiger partial charge in [0.25, 0.3) is 0 Å². The van der Waals surface area contributed by atoms with Crippen LogP contribution in [0.4, 0.5) is 0 Å². The normalized spacial score (nSPS) is 0. The molecule has 0 saturated carbocycles. The average molecular weight is 162 g/mol. The first-order chi connectivity index (χ1) is 0. The van der Waals surface area contributed by atoms with Crippen molar-refractivity contribution in [2.75, 3.05) is 0 Å². The van der Waals surface area contributed by atoms with Gasteiger partial charge in [-0.3, -0.25) is 0 Å². The molecule has 17 N–H and O–H groups in total. The van der Waals surface area contributed by atoms with Gasteiger partial charge in [-0.15, -0.1) is 0 Å². The predicted octanol–water partition coefficient (Wildman–Crippen LogP) is -0.0172. The van der Waals surface area contributed by atoms with E-state index in [2.05, 4.69) is 0 Å². The Morgan fingerprint density at radius 3 is 0.429 bits per heavy atom. The van der Waals surface area contributed by atoms with E-state index in [0.29, 0.717) is 0 Å². The van der Waals surface area contributed by atoms with Crippen molar-refractivity contribution in [3.63, 3.8) is 0 Å². The Balaban J connectivity index is 0. The van der Waals surface area contributed by atoms with Crippen LogP contribution >= 0.6 is 0 Å². The van der Waals surface area contributed by atoms with E-state index in [1.165, 1.54) is 0 Å². The standard InChI is InChI=1S/Co.5H3N.H2O/h;5*1H3;1H2/q+3;;;;;;. The monoisotopic (exact) mass is 162 g/mol. The molecule has 0 amide bonds. The number of hydrogen-bond donors (Lipinski definition) is 5. The smallest absolute Gasteiger partial charge is 0.412 e. The molecule has 7 heavy (non-hydrogen) atoms. The molecule has 6 nitrogen and oxygen atoms in total. The molecule has 0 fully saturated rings. The zero-order valence-corrected chi connectivity index (χ0v) is 5.41. The van der Waals surface area contributed by atoms with Crippen LogP contribution in [0.25, 0.3) is 0 Å². The van der Waals surface area contributed by atoms with Crippen molar-refractivity contribution in [2.24, 2.45) is 0 Å². The molecule has 0 atom stereocenters. The van der Waals surface area contributed by atoms with Gasteiger partial charge < -0.3 is 36.2 Å². The first-order valence-electron chi connectivity index (χ1n) is 0. The summed E-state index contributed by atoms with van der Waals surface area (Å²) in [4.78, 5) is 0. The molecule has 0 saturated heterocycles. The Morgan fingerprint density at radius 2 is 0.429 bits per heavy atom. The largest absolute Gasteiger partial charge is 3.00 e. The molecule has 0 spiro atoms. The van der Waals surface area contributed by atoms with Gasteiger partial charge >= 0.3 is 16.8 Å². The van der Waals surface area contributed by atoms with E-state index in [1.54, 1.807) is 0 Å². The second-order valence-electron chi connectivity index (χ2n) is 0. The van der Waals surface area contributed by atoms with E-state index in [9.17, 15) is 0 Å². The maximum absolute atomic E-state index is 0. The van der Waals surface area contributed by atoms with E-state index in [4.69, 9.17) is 0 Å². The van der Waals surface area contributed by atoms with Crippen LogP contribution in [0, 0.1) is 0 Å². The van der Waals surface area contributed by atoms with Gasteiger partial charge in [-0.1, -0.05) is 0 Å². The summed E-state index contributed by atoms with van der Waals surface area (Å²) in [7, 11) is 0. The molecule has 0 aliphatic heterocycles.